The Kier molecular flexibility index (Phi) is 5.48. The van der Waals surface area contributed by atoms with Crippen LogP contribution >= 0.6 is 0 Å². The minimum Gasteiger partial charge on any atom is -0.490 e. The number of ether oxygens (including phenoxy) is 2. The highest BCUT2D eigenvalue weighted by Crippen LogP contribution is 2.34. The Morgan fingerprint density at radius 2 is 1.88 bits per heavy atom. The van der Waals surface area contributed by atoms with Crippen molar-refractivity contribution in [2.24, 2.45) is 5.92 Å². The van der Waals surface area contributed by atoms with Gasteiger partial charge in [-0.05, 0) is 31.0 Å². The lowest BCUT2D eigenvalue weighted by Gasteiger charge is -2.30. The van der Waals surface area contributed by atoms with Gasteiger partial charge < -0.3 is 14.8 Å². The van der Waals surface area contributed by atoms with Gasteiger partial charge >= 0.3 is 0 Å². The van der Waals surface area contributed by atoms with E-state index in [1.54, 1.807) is 18.3 Å². The van der Waals surface area contributed by atoms with Gasteiger partial charge in [0.05, 0.1) is 35.5 Å². The summed E-state index contributed by atoms with van der Waals surface area (Å²) < 4.78 is 39.0. The first-order valence-corrected chi connectivity index (χ1v) is 12.1. The Balaban J connectivity index is 1.25. The van der Waals surface area contributed by atoms with Crippen LogP contribution in [0, 0.1) is 5.92 Å². The monoisotopic (exact) mass is 456 g/mol. The molecule has 168 valence electrons. The molecule has 1 fully saturated rings. The molecule has 1 saturated heterocycles. The lowest BCUT2D eigenvalue weighted by Crippen LogP contribution is -2.41. The molecule has 2 aliphatic heterocycles. The number of aromatic nitrogens is 2. The third-order valence-electron chi connectivity index (χ3n) is 5.92. The molecule has 3 aromatic rings. The molecule has 2 aliphatic rings. The predicted molar refractivity (Wildman–Crippen MR) is 118 cm³/mol. The normalized spacial score (nSPS) is 17.8. The minimum atomic E-state index is -3.68. The van der Waals surface area contributed by atoms with Crippen molar-refractivity contribution in [3.8, 4) is 11.5 Å². The topological polar surface area (TPSA) is 114 Å². The molecule has 5 rings (SSSR count). The van der Waals surface area contributed by atoms with Gasteiger partial charge in [-0.1, -0.05) is 12.1 Å². The largest absolute Gasteiger partial charge is 0.490 e. The van der Waals surface area contributed by atoms with Crippen LogP contribution in [0.5, 0.6) is 11.5 Å². The van der Waals surface area contributed by atoms with E-state index in [1.807, 2.05) is 18.2 Å². The summed E-state index contributed by atoms with van der Waals surface area (Å²) in [7, 11) is -3.68. The molecule has 0 saturated carbocycles. The number of sulfonamides is 1. The van der Waals surface area contributed by atoms with Crippen LogP contribution in [0.15, 0.2) is 47.5 Å². The highest BCUT2D eigenvalue weighted by molar-refractivity contribution is 7.89. The van der Waals surface area contributed by atoms with E-state index in [4.69, 9.17) is 9.47 Å². The Morgan fingerprint density at radius 1 is 1.09 bits per heavy atom. The maximum atomic E-state index is 13.2. The van der Waals surface area contributed by atoms with Crippen molar-refractivity contribution in [2.75, 3.05) is 31.6 Å². The molecular formula is C22H24N4O5S. The van der Waals surface area contributed by atoms with Crippen molar-refractivity contribution in [2.45, 2.75) is 24.2 Å². The van der Waals surface area contributed by atoms with Crippen LogP contribution < -0.4 is 14.8 Å². The van der Waals surface area contributed by atoms with Crippen molar-refractivity contribution >= 4 is 32.5 Å². The molecule has 10 heteroatoms. The van der Waals surface area contributed by atoms with Crippen molar-refractivity contribution in [3.05, 3.63) is 42.6 Å². The second-order valence-corrected chi connectivity index (χ2v) is 9.90. The number of piperidine rings is 1. The summed E-state index contributed by atoms with van der Waals surface area (Å²) >= 11 is 0. The van der Waals surface area contributed by atoms with Gasteiger partial charge in [-0.2, -0.15) is 9.40 Å². The molecule has 0 radical (unpaired) electrons. The van der Waals surface area contributed by atoms with Gasteiger partial charge in [0.15, 0.2) is 11.5 Å². The third-order valence-corrected chi connectivity index (χ3v) is 7.81. The molecule has 0 spiro atoms. The molecule has 0 bridgehead atoms. The summed E-state index contributed by atoms with van der Waals surface area (Å²) in [6, 6.07) is 10.3. The lowest BCUT2D eigenvalue weighted by atomic mass is 9.97. The summed E-state index contributed by atoms with van der Waals surface area (Å²) in [6.07, 6.45) is 3.36. The number of amides is 1. The SMILES string of the molecule is O=C(Nc1cccc2cn[nH]c12)C1CCN(S(=O)(=O)c2ccc3c(c2)OCCCO3)CC1. The minimum absolute atomic E-state index is 0.111. The van der Waals surface area contributed by atoms with Crippen LogP contribution in [0.3, 0.4) is 0 Å². The van der Waals surface area contributed by atoms with Gasteiger partial charge in [-0.3, -0.25) is 9.89 Å². The quantitative estimate of drug-likeness (QED) is 0.624. The molecule has 3 heterocycles. The van der Waals surface area contributed by atoms with Gasteiger partial charge in [0.1, 0.15) is 0 Å². The van der Waals surface area contributed by atoms with Gasteiger partial charge in [-0.25, -0.2) is 8.42 Å². The van der Waals surface area contributed by atoms with E-state index >= 15 is 0 Å². The third kappa shape index (κ3) is 3.91. The molecule has 2 N–H and O–H groups in total. The number of nitrogens with zero attached hydrogens (tertiary/aromatic N) is 2. The zero-order valence-electron chi connectivity index (χ0n) is 17.4. The maximum absolute atomic E-state index is 13.2. The molecule has 2 aromatic carbocycles. The highest BCUT2D eigenvalue weighted by atomic mass is 32.2. The Bertz CT molecular complexity index is 1250. The summed E-state index contributed by atoms with van der Waals surface area (Å²) in [5.74, 6) is 0.637. The molecule has 32 heavy (non-hydrogen) atoms. The van der Waals surface area contributed by atoms with Gasteiger partial charge in [-0.15, -0.1) is 0 Å². The zero-order chi connectivity index (χ0) is 22.1. The van der Waals surface area contributed by atoms with E-state index in [1.165, 1.54) is 10.4 Å². The average Bonchev–Trinajstić information content (AvgIpc) is 3.17. The molecule has 0 aliphatic carbocycles. The number of nitrogens with one attached hydrogen (secondary N) is 2. The summed E-state index contributed by atoms with van der Waals surface area (Å²) in [5, 5.41) is 10.8. The number of fused-ring (bicyclic) bond motifs is 2. The molecule has 0 atom stereocenters. The summed E-state index contributed by atoms with van der Waals surface area (Å²) in [6.45, 7) is 1.60. The zero-order valence-corrected chi connectivity index (χ0v) is 18.2. The smallest absolute Gasteiger partial charge is 0.243 e. The fourth-order valence-electron chi connectivity index (χ4n) is 4.12. The number of H-pyrrole nitrogens is 1. The number of anilines is 1. The molecular weight excluding hydrogens is 432 g/mol. The molecule has 1 aromatic heterocycles. The van der Waals surface area contributed by atoms with E-state index in [-0.39, 0.29) is 29.8 Å². The fourth-order valence-corrected chi connectivity index (χ4v) is 5.60. The highest BCUT2D eigenvalue weighted by Gasteiger charge is 2.33. The van der Waals surface area contributed by atoms with Crippen LogP contribution in [0.2, 0.25) is 0 Å². The Morgan fingerprint density at radius 3 is 2.69 bits per heavy atom. The standard InChI is InChI=1S/C22H24N4O5S/c27-22(24-18-4-1-3-16-14-23-25-21(16)18)15-7-9-26(10-8-15)32(28,29)17-5-6-19-20(13-17)31-12-2-11-30-19/h1,3-6,13-15H,2,7-12H2,(H,23,25)(H,24,27). The van der Waals surface area contributed by atoms with E-state index in [0.29, 0.717) is 43.2 Å². The van der Waals surface area contributed by atoms with Crippen molar-refractivity contribution in [1.82, 2.24) is 14.5 Å². The second-order valence-electron chi connectivity index (χ2n) is 7.97. The Hall–Kier alpha value is -3.11. The number of benzene rings is 2. The number of carbonyl (C=O) groups excluding carboxylic acids is 1. The van der Waals surface area contributed by atoms with Gasteiger partial charge in [0.2, 0.25) is 15.9 Å². The first-order chi connectivity index (χ1) is 15.5. The maximum Gasteiger partial charge on any atom is 0.243 e. The van der Waals surface area contributed by atoms with Crippen LogP contribution in [-0.4, -0.2) is 55.1 Å². The first kappa shape index (κ1) is 20.8. The van der Waals surface area contributed by atoms with Crippen molar-refractivity contribution in [3.63, 3.8) is 0 Å². The van der Waals surface area contributed by atoms with Crippen LogP contribution in [-0.2, 0) is 14.8 Å². The van der Waals surface area contributed by atoms with E-state index in [2.05, 4.69) is 15.5 Å². The fraction of sp³-hybridized carbons (Fsp3) is 0.364. The van der Waals surface area contributed by atoms with E-state index < -0.39 is 10.0 Å². The predicted octanol–water partition coefficient (Wildman–Crippen LogP) is 2.76. The molecule has 9 nitrogen and oxygen atoms in total. The van der Waals surface area contributed by atoms with Crippen LogP contribution in [0.4, 0.5) is 5.69 Å². The molecule has 0 unspecified atom stereocenters. The van der Waals surface area contributed by atoms with Crippen LogP contribution in [0.25, 0.3) is 10.9 Å². The van der Waals surface area contributed by atoms with Gasteiger partial charge in [0.25, 0.3) is 0 Å². The van der Waals surface area contributed by atoms with Crippen molar-refractivity contribution < 1.29 is 22.7 Å². The second kappa shape index (κ2) is 8.44. The first-order valence-electron chi connectivity index (χ1n) is 10.6. The number of aromatic amines is 1. The van der Waals surface area contributed by atoms with Crippen molar-refractivity contribution in [1.29, 1.82) is 0 Å². The molecule has 1 amide bonds. The Labute approximate surface area is 185 Å². The van der Waals surface area contributed by atoms with Crippen LogP contribution in [0.1, 0.15) is 19.3 Å². The average molecular weight is 457 g/mol. The number of rotatable bonds is 4. The number of para-hydroxylation sites is 1. The lowest BCUT2D eigenvalue weighted by molar-refractivity contribution is -0.120. The number of carbonyl (C=O) groups is 1. The number of hydrogen-bond donors (Lipinski definition) is 2. The van der Waals surface area contributed by atoms with E-state index in [9.17, 15) is 13.2 Å². The number of hydrogen-bond acceptors (Lipinski definition) is 6. The van der Waals surface area contributed by atoms with E-state index in [0.717, 1.165) is 17.3 Å². The summed E-state index contributed by atoms with van der Waals surface area (Å²) in [5.41, 5.74) is 1.45. The summed E-state index contributed by atoms with van der Waals surface area (Å²) in [4.78, 5) is 13.0. The van der Waals surface area contributed by atoms with Gasteiger partial charge in [0, 0.05) is 36.9 Å².